The zero-order chi connectivity index (χ0) is 48.6. The Morgan fingerprint density at radius 3 is 2.09 bits per heavy atom. The average molecular weight is 957 g/mol. The molecule has 0 aromatic rings. The Bertz CT molecular complexity index is 1870. The van der Waals surface area contributed by atoms with Crippen LogP contribution >= 0.6 is 0 Å². The molecule has 0 unspecified atom stereocenters. The smallest absolute Gasteiger partial charge is 0.333 e. The molecule has 2 spiro atoms. The molecule has 67 heavy (non-hydrogen) atoms. The highest BCUT2D eigenvalue weighted by Gasteiger charge is 2.87. The van der Waals surface area contributed by atoms with Gasteiger partial charge in [-0.1, -0.05) is 40.7 Å². The summed E-state index contributed by atoms with van der Waals surface area (Å²) < 4.78 is 41.7. The Kier molecular flexibility index (Phi) is 13.3. The van der Waals surface area contributed by atoms with Gasteiger partial charge in [-0.05, 0) is 103 Å². The molecule has 0 amide bonds. The van der Waals surface area contributed by atoms with Gasteiger partial charge in [-0.25, -0.2) is 4.79 Å². The maximum atomic E-state index is 12.7. The van der Waals surface area contributed by atoms with Gasteiger partial charge in [0.1, 0.15) is 73.2 Å². The van der Waals surface area contributed by atoms with Gasteiger partial charge in [0.05, 0.1) is 38.6 Å². The lowest BCUT2D eigenvalue weighted by atomic mass is 9.36. The van der Waals surface area contributed by atoms with Gasteiger partial charge in [0, 0.05) is 17.4 Å². The van der Waals surface area contributed by atoms with Crippen LogP contribution in [0.3, 0.4) is 0 Å². The molecule has 5 aliphatic carbocycles. The lowest BCUT2D eigenvalue weighted by molar-refractivity contribution is -0.372. The number of aliphatic hydroxyl groups excluding tert-OH is 11. The van der Waals surface area contributed by atoms with Crippen molar-refractivity contribution in [1.29, 1.82) is 0 Å². The van der Waals surface area contributed by atoms with Gasteiger partial charge in [0.2, 0.25) is 0 Å². The molecule has 26 atom stereocenters. The third-order valence-corrected chi connectivity index (χ3v) is 20.5. The SMILES string of the molecule is CC1=CC[C@H]([C@@H](C)[C@H]2[C@@H](O)C[C@]3(C)[C@@]4(C)CC[C@@H]5[C@@](C)(CO)[C@H](O[C@H]6OC[C@@H](O)[C@@H](O)[C@@H]6O[C@H]6O[C@@H](CO[C@H]7O[C@@H](CO)[C@H](O)[C@@H](O)[C@@H]7O)[C@H](O)[C@@H](O)[C@@H]6O)CC[C@]56C[C@@]64CC[C@]23C)OC1=O. The highest BCUT2D eigenvalue weighted by atomic mass is 16.8. The van der Waals surface area contributed by atoms with Crippen LogP contribution in [0.5, 0.6) is 0 Å². The van der Waals surface area contributed by atoms with Gasteiger partial charge in [0.25, 0.3) is 0 Å². The second-order valence-corrected chi connectivity index (χ2v) is 23.0. The quantitative estimate of drug-likeness (QED) is 0.0886. The summed E-state index contributed by atoms with van der Waals surface area (Å²) in [6, 6.07) is 0. The van der Waals surface area contributed by atoms with Gasteiger partial charge >= 0.3 is 5.97 Å². The van der Waals surface area contributed by atoms with Crippen molar-refractivity contribution < 1.29 is 94.1 Å². The summed E-state index contributed by atoms with van der Waals surface area (Å²) in [7, 11) is 0. The van der Waals surface area contributed by atoms with Crippen LogP contribution in [-0.4, -0.2) is 193 Å². The number of ether oxygens (including phenoxy) is 7. The fourth-order valence-electron chi connectivity index (χ4n) is 16.3. The molecule has 8 fully saturated rings. The first-order valence-electron chi connectivity index (χ1n) is 24.6. The molecule has 3 saturated heterocycles. The van der Waals surface area contributed by atoms with E-state index in [0.29, 0.717) is 24.8 Å². The number of esters is 1. The molecule has 9 aliphatic rings. The van der Waals surface area contributed by atoms with Crippen LogP contribution in [-0.2, 0) is 38.0 Å². The molecule has 0 radical (unpaired) electrons. The van der Waals surface area contributed by atoms with Crippen molar-refractivity contribution >= 4 is 5.97 Å². The van der Waals surface area contributed by atoms with Crippen LogP contribution in [0.4, 0.5) is 0 Å². The van der Waals surface area contributed by atoms with Crippen LogP contribution in [0.2, 0.25) is 0 Å². The fraction of sp³-hybridized carbons (Fsp3) is 0.938. The van der Waals surface area contributed by atoms with Crippen molar-refractivity contribution in [2.24, 2.45) is 50.2 Å². The molecule has 0 bridgehead atoms. The van der Waals surface area contributed by atoms with E-state index >= 15 is 0 Å². The van der Waals surface area contributed by atoms with E-state index in [9.17, 15) is 61.0 Å². The molecule has 382 valence electrons. The number of fused-ring (bicyclic) bond motifs is 2. The van der Waals surface area contributed by atoms with Crippen molar-refractivity contribution in [3.8, 4) is 0 Å². The third-order valence-electron chi connectivity index (χ3n) is 20.5. The Morgan fingerprint density at radius 2 is 1.42 bits per heavy atom. The van der Waals surface area contributed by atoms with E-state index in [4.69, 9.17) is 33.2 Å². The number of hydrogen-bond acceptors (Lipinski definition) is 19. The van der Waals surface area contributed by atoms with Crippen molar-refractivity contribution in [2.45, 2.75) is 204 Å². The van der Waals surface area contributed by atoms with E-state index in [1.165, 1.54) is 0 Å². The highest BCUT2D eigenvalue weighted by Crippen LogP contribution is 2.93. The lowest BCUT2D eigenvalue weighted by Gasteiger charge is -2.68. The highest BCUT2D eigenvalue weighted by molar-refractivity contribution is 5.88. The maximum Gasteiger partial charge on any atom is 0.333 e. The van der Waals surface area contributed by atoms with Gasteiger partial charge in [-0.3, -0.25) is 0 Å². The Labute approximate surface area is 391 Å². The molecule has 4 aliphatic heterocycles. The number of hydrogen-bond donors (Lipinski definition) is 11. The summed E-state index contributed by atoms with van der Waals surface area (Å²) in [5.74, 6) is -0.339. The summed E-state index contributed by atoms with van der Waals surface area (Å²) in [5.41, 5.74) is -0.874. The molecule has 0 aromatic heterocycles. The average Bonchev–Trinajstić information content (AvgIpc) is 3.92. The largest absolute Gasteiger partial charge is 0.458 e. The van der Waals surface area contributed by atoms with E-state index in [2.05, 4.69) is 27.7 Å². The first-order chi connectivity index (χ1) is 31.5. The molecular formula is C48H76O19. The molecule has 0 aromatic carbocycles. The minimum atomic E-state index is -1.88. The van der Waals surface area contributed by atoms with E-state index < -0.39 is 117 Å². The monoisotopic (exact) mass is 956 g/mol. The van der Waals surface area contributed by atoms with Gasteiger partial charge in [-0.15, -0.1) is 0 Å². The zero-order valence-corrected chi connectivity index (χ0v) is 39.5. The fourth-order valence-corrected chi connectivity index (χ4v) is 16.3. The van der Waals surface area contributed by atoms with E-state index in [1.807, 2.05) is 13.0 Å². The van der Waals surface area contributed by atoms with Crippen LogP contribution in [0.15, 0.2) is 11.6 Å². The Morgan fingerprint density at radius 1 is 0.746 bits per heavy atom. The molecule has 5 saturated carbocycles. The first kappa shape index (κ1) is 50.5. The van der Waals surface area contributed by atoms with Crippen molar-refractivity contribution in [1.82, 2.24) is 0 Å². The lowest BCUT2D eigenvalue weighted by Crippen LogP contribution is -2.65. The van der Waals surface area contributed by atoms with E-state index in [1.54, 1.807) is 6.92 Å². The summed E-state index contributed by atoms with van der Waals surface area (Å²) >= 11 is 0. The number of carbonyl (C=O) groups excluding carboxylic acids is 1. The summed E-state index contributed by atoms with van der Waals surface area (Å²) in [6.07, 6.45) is -14.9. The number of cyclic esters (lactones) is 1. The minimum Gasteiger partial charge on any atom is -0.458 e. The second-order valence-electron chi connectivity index (χ2n) is 23.0. The van der Waals surface area contributed by atoms with E-state index in [0.717, 1.165) is 38.5 Å². The predicted octanol–water partition coefficient (Wildman–Crippen LogP) is -0.871. The molecule has 19 heteroatoms. The zero-order valence-electron chi connectivity index (χ0n) is 39.5. The van der Waals surface area contributed by atoms with Crippen LogP contribution in [0.1, 0.15) is 99.3 Å². The molecule has 9 rings (SSSR count). The summed E-state index contributed by atoms with van der Waals surface area (Å²) in [4.78, 5) is 12.7. The summed E-state index contributed by atoms with van der Waals surface area (Å²) in [5, 5.41) is 119. The predicted molar refractivity (Wildman–Crippen MR) is 230 cm³/mol. The normalized spacial score (nSPS) is 56.7. The minimum absolute atomic E-state index is 0.0379. The standard InChI is InChI=1S/C48H76O19/c1-21-7-8-25(63-39(21)60)22(2)30-23(51)15-46(6)44(30,4)13-14-48-19-47(48)12-10-29(43(3,20-50)28(47)9-11-45(46,48)5)66-42-38(31(53)24(52)17-61-42)67-41-37(59)35(57)33(55)27(65-41)18-62-40-36(58)34(56)32(54)26(16-49)64-40/h7,22-38,40-42,49-59H,8-20H2,1-6H3/t22-,23+,24-,25-,26+,27+,28-,29-,30+,31-,32+,33+,34-,35-,36+,37+,38+,40+,41-,42-,43-,44-,45-,46+,47+,48-/m1/s1. The third kappa shape index (κ3) is 7.25. The molecule has 19 nitrogen and oxygen atoms in total. The molecular weight excluding hydrogens is 881 g/mol. The Hall–Kier alpha value is -1.47. The topological polar surface area (TPSA) is 304 Å². The molecule has 11 N–H and O–H groups in total. The van der Waals surface area contributed by atoms with Crippen molar-refractivity contribution in [3.63, 3.8) is 0 Å². The van der Waals surface area contributed by atoms with Crippen molar-refractivity contribution in [2.75, 3.05) is 26.4 Å². The summed E-state index contributed by atoms with van der Waals surface area (Å²) in [6.45, 7) is 11.3. The van der Waals surface area contributed by atoms with Crippen LogP contribution in [0, 0.1) is 50.2 Å². The van der Waals surface area contributed by atoms with Crippen molar-refractivity contribution in [3.05, 3.63) is 11.6 Å². The number of aliphatic hydroxyl groups is 11. The second kappa shape index (κ2) is 17.6. The van der Waals surface area contributed by atoms with Gasteiger partial charge in [-0.2, -0.15) is 0 Å². The number of rotatable bonds is 11. The first-order valence-corrected chi connectivity index (χ1v) is 24.6. The number of carbonyl (C=O) groups is 1. The Balaban J connectivity index is 0.906. The van der Waals surface area contributed by atoms with Crippen LogP contribution < -0.4 is 0 Å². The van der Waals surface area contributed by atoms with Crippen LogP contribution in [0.25, 0.3) is 0 Å². The molecule has 4 heterocycles. The maximum absolute atomic E-state index is 12.7. The van der Waals surface area contributed by atoms with Gasteiger partial charge < -0.3 is 89.3 Å². The van der Waals surface area contributed by atoms with Gasteiger partial charge in [0.15, 0.2) is 18.9 Å². The van der Waals surface area contributed by atoms with E-state index in [-0.39, 0.29) is 70.1 Å².